The summed E-state index contributed by atoms with van der Waals surface area (Å²) in [6.45, 7) is 4.79. The number of carbonyl (C=O) groups is 1. The van der Waals surface area contributed by atoms with Crippen LogP contribution in [-0.2, 0) is 11.2 Å². The fraction of sp³-hybridized carbons (Fsp3) is 0.381. The van der Waals surface area contributed by atoms with Gasteiger partial charge in [-0.1, -0.05) is 37.6 Å². The molecule has 0 aliphatic heterocycles. The number of nitro benzene ring substituents is 1. The predicted octanol–water partition coefficient (Wildman–Crippen LogP) is 4.54. The molecule has 2 aromatic rings. The van der Waals surface area contributed by atoms with Gasteiger partial charge in [0, 0.05) is 18.7 Å². The second kappa shape index (κ2) is 9.71. The standard InChI is InChI=1S/C21H26N2O4/c1-4-5-14-22(16(2)18-8-12-20(27-3)13-9-18)21(24)15-17-6-10-19(11-7-17)23(25)26/h6-13,16H,4-5,14-15H2,1-3H3/t16-/m0/s1. The Balaban J connectivity index is 2.15. The number of non-ortho nitro benzene ring substituents is 1. The van der Waals surface area contributed by atoms with Crippen LogP contribution in [0.3, 0.4) is 0 Å². The van der Waals surface area contributed by atoms with Gasteiger partial charge in [0.15, 0.2) is 0 Å². The van der Waals surface area contributed by atoms with Gasteiger partial charge in [-0.2, -0.15) is 0 Å². The molecule has 0 spiro atoms. The summed E-state index contributed by atoms with van der Waals surface area (Å²) in [5, 5.41) is 10.8. The number of methoxy groups -OCH3 is 1. The maximum Gasteiger partial charge on any atom is 0.269 e. The number of nitro groups is 1. The largest absolute Gasteiger partial charge is 0.497 e. The zero-order valence-electron chi connectivity index (χ0n) is 16.1. The summed E-state index contributed by atoms with van der Waals surface area (Å²) in [6, 6.07) is 13.8. The number of benzene rings is 2. The van der Waals surface area contributed by atoms with Crippen molar-refractivity contribution >= 4 is 11.6 Å². The Labute approximate surface area is 159 Å². The van der Waals surface area contributed by atoms with Crippen LogP contribution in [0, 0.1) is 10.1 Å². The van der Waals surface area contributed by atoms with Crippen LogP contribution in [0.1, 0.15) is 43.9 Å². The van der Waals surface area contributed by atoms with Crippen LogP contribution in [0.2, 0.25) is 0 Å². The molecule has 27 heavy (non-hydrogen) atoms. The van der Waals surface area contributed by atoms with Crippen molar-refractivity contribution < 1.29 is 14.5 Å². The third kappa shape index (κ3) is 5.54. The van der Waals surface area contributed by atoms with Crippen LogP contribution in [0.25, 0.3) is 0 Å². The second-order valence-corrected chi connectivity index (χ2v) is 6.49. The van der Waals surface area contributed by atoms with Gasteiger partial charge in [0.1, 0.15) is 5.75 Å². The summed E-state index contributed by atoms with van der Waals surface area (Å²) < 4.78 is 5.20. The van der Waals surface area contributed by atoms with Crippen molar-refractivity contribution in [1.82, 2.24) is 4.90 Å². The Hall–Kier alpha value is -2.89. The van der Waals surface area contributed by atoms with Crippen molar-refractivity contribution in [2.45, 2.75) is 39.2 Å². The Morgan fingerprint density at radius 2 is 1.78 bits per heavy atom. The first-order valence-corrected chi connectivity index (χ1v) is 9.13. The Bertz CT molecular complexity index is 757. The van der Waals surface area contributed by atoms with Crippen LogP contribution in [0.15, 0.2) is 48.5 Å². The number of amides is 1. The Morgan fingerprint density at radius 1 is 1.15 bits per heavy atom. The minimum atomic E-state index is -0.440. The van der Waals surface area contributed by atoms with E-state index in [0.29, 0.717) is 6.54 Å². The molecule has 0 N–H and O–H groups in total. The van der Waals surface area contributed by atoms with Crippen LogP contribution >= 0.6 is 0 Å². The molecule has 0 heterocycles. The fourth-order valence-corrected chi connectivity index (χ4v) is 2.94. The lowest BCUT2D eigenvalue weighted by atomic mass is 10.0. The molecule has 0 unspecified atom stereocenters. The number of ether oxygens (including phenoxy) is 1. The zero-order valence-corrected chi connectivity index (χ0v) is 16.1. The van der Waals surface area contributed by atoms with Crippen LogP contribution < -0.4 is 4.74 Å². The van der Waals surface area contributed by atoms with Gasteiger partial charge in [-0.25, -0.2) is 0 Å². The second-order valence-electron chi connectivity index (χ2n) is 6.49. The van der Waals surface area contributed by atoms with Crippen molar-refractivity contribution in [2.75, 3.05) is 13.7 Å². The highest BCUT2D eigenvalue weighted by atomic mass is 16.6. The number of hydrogen-bond donors (Lipinski definition) is 0. The normalized spacial score (nSPS) is 11.7. The highest BCUT2D eigenvalue weighted by Gasteiger charge is 2.21. The van der Waals surface area contributed by atoms with Crippen molar-refractivity contribution in [3.63, 3.8) is 0 Å². The third-order valence-electron chi connectivity index (χ3n) is 4.64. The van der Waals surface area contributed by atoms with Crippen molar-refractivity contribution in [2.24, 2.45) is 0 Å². The molecular formula is C21H26N2O4. The van der Waals surface area contributed by atoms with E-state index in [-0.39, 0.29) is 24.1 Å². The van der Waals surface area contributed by atoms with Gasteiger partial charge in [-0.3, -0.25) is 14.9 Å². The van der Waals surface area contributed by atoms with Gasteiger partial charge in [0.2, 0.25) is 5.91 Å². The molecule has 0 aliphatic carbocycles. The highest BCUT2D eigenvalue weighted by molar-refractivity contribution is 5.79. The SMILES string of the molecule is CCCCN(C(=O)Cc1ccc([N+](=O)[O-])cc1)[C@@H](C)c1ccc(OC)cc1. The van der Waals surface area contributed by atoms with E-state index in [2.05, 4.69) is 6.92 Å². The van der Waals surface area contributed by atoms with E-state index in [9.17, 15) is 14.9 Å². The first-order valence-electron chi connectivity index (χ1n) is 9.13. The lowest BCUT2D eigenvalue weighted by molar-refractivity contribution is -0.384. The van der Waals surface area contributed by atoms with E-state index in [0.717, 1.165) is 29.7 Å². The first-order chi connectivity index (χ1) is 13.0. The first kappa shape index (κ1) is 20.4. The van der Waals surface area contributed by atoms with E-state index in [1.807, 2.05) is 36.1 Å². The van der Waals surface area contributed by atoms with Gasteiger partial charge in [0.25, 0.3) is 5.69 Å². The molecule has 1 atom stereocenters. The molecule has 144 valence electrons. The molecule has 0 saturated carbocycles. The Morgan fingerprint density at radius 3 is 2.30 bits per heavy atom. The third-order valence-corrected chi connectivity index (χ3v) is 4.64. The number of nitrogens with zero attached hydrogens (tertiary/aromatic N) is 2. The minimum Gasteiger partial charge on any atom is -0.497 e. The van der Waals surface area contributed by atoms with Crippen molar-refractivity contribution in [3.8, 4) is 5.75 Å². The van der Waals surface area contributed by atoms with Gasteiger partial charge < -0.3 is 9.64 Å². The van der Waals surface area contributed by atoms with Gasteiger partial charge in [-0.05, 0) is 36.6 Å². The molecule has 0 saturated heterocycles. The number of carbonyl (C=O) groups excluding carboxylic acids is 1. The van der Waals surface area contributed by atoms with Gasteiger partial charge >= 0.3 is 0 Å². The van der Waals surface area contributed by atoms with E-state index >= 15 is 0 Å². The fourth-order valence-electron chi connectivity index (χ4n) is 2.94. The van der Waals surface area contributed by atoms with E-state index in [1.165, 1.54) is 12.1 Å². The monoisotopic (exact) mass is 370 g/mol. The number of rotatable bonds is 9. The van der Waals surface area contributed by atoms with Crippen LogP contribution in [0.4, 0.5) is 5.69 Å². The Kier molecular flexibility index (Phi) is 7.34. The lowest BCUT2D eigenvalue weighted by Gasteiger charge is -2.30. The summed E-state index contributed by atoms with van der Waals surface area (Å²) in [5.41, 5.74) is 1.85. The van der Waals surface area contributed by atoms with E-state index in [1.54, 1.807) is 19.2 Å². The maximum atomic E-state index is 12.9. The molecule has 0 radical (unpaired) electrons. The summed E-state index contributed by atoms with van der Waals surface area (Å²) in [7, 11) is 1.62. The molecule has 0 aromatic heterocycles. The zero-order chi connectivity index (χ0) is 19.8. The molecule has 0 fully saturated rings. The molecule has 6 nitrogen and oxygen atoms in total. The minimum absolute atomic E-state index is 0.0145. The average molecular weight is 370 g/mol. The van der Waals surface area contributed by atoms with Gasteiger partial charge in [0.05, 0.1) is 24.5 Å². The van der Waals surface area contributed by atoms with E-state index in [4.69, 9.17) is 4.74 Å². The van der Waals surface area contributed by atoms with Crippen LogP contribution in [0.5, 0.6) is 5.75 Å². The highest BCUT2D eigenvalue weighted by Crippen LogP contribution is 2.24. The van der Waals surface area contributed by atoms with Crippen molar-refractivity contribution in [1.29, 1.82) is 0 Å². The molecule has 0 bridgehead atoms. The molecule has 0 aliphatic rings. The molecule has 1 amide bonds. The molecule has 6 heteroatoms. The average Bonchev–Trinajstić information content (AvgIpc) is 2.68. The summed E-state index contributed by atoms with van der Waals surface area (Å²) in [4.78, 5) is 25.2. The summed E-state index contributed by atoms with van der Waals surface area (Å²) >= 11 is 0. The molecular weight excluding hydrogens is 344 g/mol. The van der Waals surface area contributed by atoms with Crippen LogP contribution in [-0.4, -0.2) is 29.4 Å². The van der Waals surface area contributed by atoms with Crippen molar-refractivity contribution in [3.05, 3.63) is 69.8 Å². The number of unbranched alkanes of at least 4 members (excludes halogenated alkanes) is 1. The summed E-state index contributed by atoms with van der Waals surface area (Å²) in [5.74, 6) is 0.795. The number of hydrogen-bond acceptors (Lipinski definition) is 4. The molecule has 2 aromatic carbocycles. The van der Waals surface area contributed by atoms with Gasteiger partial charge in [-0.15, -0.1) is 0 Å². The van der Waals surface area contributed by atoms with E-state index < -0.39 is 4.92 Å². The topological polar surface area (TPSA) is 72.7 Å². The predicted molar refractivity (Wildman–Crippen MR) is 105 cm³/mol. The molecule has 2 rings (SSSR count). The summed E-state index contributed by atoms with van der Waals surface area (Å²) in [6.07, 6.45) is 2.14. The smallest absolute Gasteiger partial charge is 0.269 e. The lowest BCUT2D eigenvalue weighted by Crippen LogP contribution is -2.35. The maximum absolute atomic E-state index is 12.9. The quantitative estimate of drug-likeness (QED) is 0.480.